The summed E-state index contributed by atoms with van der Waals surface area (Å²) in [5.74, 6) is 0.781. The van der Waals surface area contributed by atoms with Crippen LogP contribution in [-0.4, -0.2) is 28.6 Å². The highest BCUT2D eigenvalue weighted by Gasteiger charge is 2.42. The highest BCUT2D eigenvalue weighted by atomic mass is 79.9. The molecule has 3 unspecified atom stereocenters. The molecule has 0 bridgehead atoms. The summed E-state index contributed by atoms with van der Waals surface area (Å²) in [5.41, 5.74) is 0. The molecule has 0 radical (unpaired) electrons. The van der Waals surface area contributed by atoms with Crippen molar-refractivity contribution in [2.45, 2.75) is 30.4 Å². The quantitative estimate of drug-likeness (QED) is 0.781. The van der Waals surface area contributed by atoms with Crippen molar-refractivity contribution in [2.24, 2.45) is 0 Å². The molecule has 0 spiro atoms. The molecule has 2 rings (SSSR count). The van der Waals surface area contributed by atoms with Crippen LogP contribution in [0.25, 0.3) is 0 Å². The van der Waals surface area contributed by atoms with Crippen molar-refractivity contribution >= 4 is 31.9 Å². The lowest BCUT2D eigenvalue weighted by molar-refractivity contribution is -0.0724. The molecular weight excluding hydrogens is 338 g/mol. The highest BCUT2D eigenvalue weighted by molar-refractivity contribution is 9.10. The lowest BCUT2D eigenvalue weighted by Crippen LogP contribution is -2.52. The summed E-state index contributed by atoms with van der Waals surface area (Å²) in [7, 11) is 0. The number of rotatable bonds is 4. The fourth-order valence-electron chi connectivity index (χ4n) is 1.68. The van der Waals surface area contributed by atoms with Gasteiger partial charge in [0.25, 0.3) is 0 Å². The lowest BCUT2D eigenvalue weighted by atomic mass is 9.91. The van der Waals surface area contributed by atoms with E-state index in [1.165, 1.54) is 0 Å². The van der Waals surface area contributed by atoms with Gasteiger partial charge in [0, 0.05) is 28.5 Å². The summed E-state index contributed by atoms with van der Waals surface area (Å²) >= 11 is 6.93. The molecule has 1 aliphatic rings. The Labute approximate surface area is 112 Å². The Morgan fingerprint density at radius 1 is 1.50 bits per heavy atom. The minimum absolute atomic E-state index is 0.125. The van der Waals surface area contributed by atoms with Crippen molar-refractivity contribution < 1.29 is 9.47 Å². The van der Waals surface area contributed by atoms with Gasteiger partial charge in [-0.25, -0.2) is 0 Å². The summed E-state index contributed by atoms with van der Waals surface area (Å²) in [6, 6.07) is 1.91. The Hall–Kier alpha value is -0.130. The third-order valence-electron chi connectivity index (χ3n) is 2.51. The Morgan fingerprint density at radius 3 is 2.94 bits per heavy atom. The molecule has 3 atom stereocenters. The number of alkyl halides is 1. The summed E-state index contributed by atoms with van der Waals surface area (Å²) in [5, 5.41) is 0. The lowest BCUT2D eigenvalue weighted by Gasteiger charge is -2.40. The molecule has 1 aromatic rings. The van der Waals surface area contributed by atoms with Gasteiger partial charge in [-0.15, -0.1) is 0 Å². The summed E-state index contributed by atoms with van der Waals surface area (Å²) in [6.45, 7) is 2.71. The number of pyridine rings is 1. The van der Waals surface area contributed by atoms with Gasteiger partial charge in [0.05, 0.1) is 6.20 Å². The molecule has 0 saturated heterocycles. The van der Waals surface area contributed by atoms with Crippen LogP contribution in [0.3, 0.4) is 0 Å². The van der Waals surface area contributed by atoms with E-state index in [1.54, 1.807) is 12.4 Å². The van der Waals surface area contributed by atoms with E-state index >= 15 is 0 Å². The van der Waals surface area contributed by atoms with E-state index in [0.29, 0.717) is 11.4 Å². The number of aromatic nitrogens is 1. The second kappa shape index (κ2) is 5.47. The van der Waals surface area contributed by atoms with Crippen LogP contribution in [-0.2, 0) is 4.74 Å². The van der Waals surface area contributed by atoms with Gasteiger partial charge in [-0.05, 0) is 28.9 Å². The van der Waals surface area contributed by atoms with Gasteiger partial charge in [0.1, 0.15) is 18.0 Å². The van der Waals surface area contributed by atoms with Crippen LogP contribution in [0.4, 0.5) is 0 Å². The van der Waals surface area contributed by atoms with Gasteiger partial charge in [-0.3, -0.25) is 4.98 Å². The largest absolute Gasteiger partial charge is 0.486 e. The van der Waals surface area contributed by atoms with E-state index in [9.17, 15) is 0 Å². The van der Waals surface area contributed by atoms with Crippen molar-refractivity contribution in [3.05, 3.63) is 22.9 Å². The van der Waals surface area contributed by atoms with Gasteiger partial charge in [-0.1, -0.05) is 15.9 Å². The van der Waals surface area contributed by atoms with E-state index in [2.05, 4.69) is 36.8 Å². The zero-order valence-electron chi connectivity index (χ0n) is 8.90. The van der Waals surface area contributed by atoms with Crippen LogP contribution >= 0.6 is 31.9 Å². The third kappa shape index (κ3) is 2.76. The van der Waals surface area contributed by atoms with Crippen molar-refractivity contribution in [2.75, 3.05) is 6.61 Å². The Bertz CT molecular complexity index is 362. The van der Waals surface area contributed by atoms with Crippen LogP contribution in [0.2, 0.25) is 0 Å². The van der Waals surface area contributed by atoms with Crippen LogP contribution < -0.4 is 4.74 Å². The highest BCUT2D eigenvalue weighted by Crippen LogP contribution is 2.34. The molecule has 0 aromatic carbocycles. The molecule has 16 heavy (non-hydrogen) atoms. The molecule has 5 heteroatoms. The SMILES string of the molecule is CCOC1C(Br)CC1Oc1cncc(Br)c1. The molecular formula is C11H13Br2NO2. The first-order valence-electron chi connectivity index (χ1n) is 5.23. The maximum absolute atomic E-state index is 5.82. The normalized spacial score (nSPS) is 28.6. The molecule has 3 nitrogen and oxygen atoms in total. The number of halogens is 2. The van der Waals surface area contributed by atoms with Gasteiger partial charge in [0.2, 0.25) is 0 Å². The summed E-state index contributed by atoms with van der Waals surface area (Å²) < 4.78 is 12.3. The van der Waals surface area contributed by atoms with E-state index in [1.807, 2.05) is 13.0 Å². The van der Waals surface area contributed by atoms with E-state index in [0.717, 1.165) is 16.6 Å². The molecule has 1 saturated carbocycles. The number of ether oxygens (including phenoxy) is 2. The van der Waals surface area contributed by atoms with Crippen LogP contribution in [0.15, 0.2) is 22.9 Å². The van der Waals surface area contributed by atoms with Gasteiger partial charge in [-0.2, -0.15) is 0 Å². The Balaban J connectivity index is 1.95. The molecule has 0 amide bonds. The number of hydrogen-bond donors (Lipinski definition) is 0. The minimum atomic E-state index is 0.125. The molecule has 0 aliphatic heterocycles. The van der Waals surface area contributed by atoms with Gasteiger partial charge in [0.15, 0.2) is 0 Å². The average Bonchev–Trinajstić information content (AvgIpc) is 2.26. The maximum Gasteiger partial charge on any atom is 0.139 e. The average molecular weight is 351 g/mol. The van der Waals surface area contributed by atoms with Crippen LogP contribution in [0.5, 0.6) is 5.75 Å². The Morgan fingerprint density at radius 2 is 2.31 bits per heavy atom. The zero-order valence-corrected chi connectivity index (χ0v) is 12.1. The molecule has 1 aromatic heterocycles. The van der Waals surface area contributed by atoms with Crippen molar-refractivity contribution in [1.29, 1.82) is 0 Å². The molecule has 1 fully saturated rings. The van der Waals surface area contributed by atoms with E-state index < -0.39 is 0 Å². The smallest absolute Gasteiger partial charge is 0.139 e. The van der Waals surface area contributed by atoms with Crippen molar-refractivity contribution in [3.63, 3.8) is 0 Å². The second-order valence-electron chi connectivity index (χ2n) is 3.67. The number of hydrogen-bond acceptors (Lipinski definition) is 3. The molecule has 1 aliphatic carbocycles. The second-order valence-corrected chi connectivity index (χ2v) is 5.76. The van der Waals surface area contributed by atoms with Crippen LogP contribution in [0, 0.1) is 0 Å². The first-order valence-corrected chi connectivity index (χ1v) is 6.94. The van der Waals surface area contributed by atoms with Crippen molar-refractivity contribution in [3.8, 4) is 5.75 Å². The fraction of sp³-hybridized carbons (Fsp3) is 0.545. The molecule has 88 valence electrons. The van der Waals surface area contributed by atoms with Crippen LogP contribution in [0.1, 0.15) is 13.3 Å². The van der Waals surface area contributed by atoms with Gasteiger partial charge >= 0.3 is 0 Å². The van der Waals surface area contributed by atoms with E-state index in [4.69, 9.17) is 9.47 Å². The predicted molar refractivity (Wildman–Crippen MR) is 69.1 cm³/mol. The Kier molecular flexibility index (Phi) is 4.21. The number of nitrogens with zero attached hydrogens (tertiary/aromatic N) is 1. The first kappa shape index (κ1) is 12.3. The monoisotopic (exact) mass is 349 g/mol. The summed E-state index contributed by atoms with van der Waals surface area (Å²) in [6.07, 6.45) is 4.69. The zero-order chi connectivity index (χ0) is 11.5. The van der Waals surface area contributed by atoms with Crippen molar-refractivity contribution in [1.82, 2.24) is 4.98 Å². The topological polar surface area (TPSA) is 31.4 Å². The minimum Gasteiger partial charge on any atom is -0.486 e. The fourth-order valence-corrected chi connectivity index (χ4v) is 2.88. The summed E-state index contributed by atoms with van der Waals surface area (Å²) in [4.78, 5) is 4.46. The maximum atomic E-state index is 5.82. The molecule has 1 heterocycles. The first-order chi connectivity index (χ1) is 7.70. The van der Waals surface area contributed by atoms with E-state index in [-0.39, 0.29) is 12.2 Å². The van der Waals surface area contributed by atoms with Gasteiger partial charge < -0.3 is 9.47 Å². The molecule has 0 N–H and O–H groups in total. The predicted octanol–water partition coefficient (Wildman–Crippen LogP) is 3.16. The standard InChI is InChI=1S/C11H13Br2NO2/c1-2-15-11-9(13)4-10(11)16-8-3-7(12)5-14-6-8/h3,5-6,9-11H,2,4H2,1H3. The third-order valence-corrected chi connectivity index (χ3v) is 3.84.